The number of rotatable bonds is 7. The van der Waals surface area contributed by atoms with Gasteiger partial charge in [-0.25, -0.2) is 4.79 Å². The summed E-state index contributed by atoms with van der Waals surface area (Å²) >= 11 is 0. The number of carbonyl (C=O) groups is 2. The van der Waals surface area contributed by atoms with Crippen LogP contribution in [0, 0.1) is 0 Å². The van der Waals surface area contributed by atoms with Gasteiger partial charge in [0.15, 0.2) is 0 Å². The fourth-order valence-electron chi connectivity index (χ4n) is 5.60. The summed E-state index contributed by atoms with van der Waals surface area (Å²) in [5, 5.41) is 18.6. The molecular weight excluding hydrogens is 460 g/mol. The van der Waals surface area contributed by atoms with Crippen molar-refractivity contribution in [1.82, 2.24) is 5.32 Å². The lowest BCUT2D eigenvalue weighted by Gasteiger charge is -2.32. The molecule has 0 unspecified atom stereocenters. The Morgan fingerprint density at radius 3 is 2.41 bits per heavy atom. The molecule has 3 N–H and O–H groups in total. The zero-order valence-electron chi connectivity index (χ0n) is 21.0. The molecule has 0 saturated heterocycles. The van der Waals surface area contributed by atoms with Crippen molar-refractivity contribution >= 4 is 28.3 Å². The number of benzene rings is 4. The van der Waals surface area contributed by atoms with Gasteiger partial charge in [-0.3, -0.25) is 4.79 Å². The van der Waals surface area contributed by atoms with Crippen molar-refractivity contribution in [3.63, 3.8) is 0 Å². The molecule has 5 rings (SSSR count). The van der Waals surface area contributed by atoms with Gasteiger partial charge in [-0.1, -0.05) is 73.2 Å². The molecule has 1 aliphatic carbocycles. The Morgan fingerprint density at radius 1 is 0.865 bits per heavy atom. The van der Waals surface area contributed by atoms with Crippen LogP contribution in [-0.4, -0.2) is 23.0 Å². The third-order valence-corrected chi connectivity index (χ3v) is 7.50. The van der Waals surface area contributed by atoms with E-state index in [0.717, 1.165) is 19.3 Å². The number of fused-ring (bicyclic) bond motifs is 1. The zero-order valence-corrected chi connectivity index (χ0v) is 21.0. The van der Waals surface area contributed by atoms with Gasteiger partial charge < -0.3 is 15.7 Å². The summed E-state index contributed by atoms with van der Waals surface area (Å²) in [7, 11) is 0. The zero-order chi connectivity index (χ0) is 25.8. The van der Waals surface area contributed by atoms with Crippen molar-refractivity contribution < 1.29 is 14.7 Å². The Hall–Kier alpha value is -3.96. The quantitative estimate of drug-likeness (QED) is 0.256. The number of anilines is 1. The molecule has 188 valence electrons. The van der Waals surface area contributed by atoms with E-state index in [9.17, 15) is 14.7 Å². The number of carbonyl (C=O) groups excluding carboxylic acids is 1. The molecule has 4 aromatic carbocycles. The smallest absolute Gasteiger partial charge is 0.337 e. The van der Waals surface area contributed by atoms with Crippen molar-refractivity contribution in [1.29, 1.82) is 0 Å². The minimum Gasteiger partial charge on any atom is -0.478 e. The summed E-state index contributed by atoms with van der Waals surface area (Å²) in [5.74, 6) is -0.940. The number of hydrogen-bond acceptors (Lipinski definition) is 3. The van der Waals surface area contributed by atoms with Crippen molar-refractivity contribution in [3.8, 4) is 0 Å². The first-order valence-corrected chi connectivity index (χ1v) is 13.0. The van der Waals surface area contributed by atoms with Gasteiger partial charge in [0.05, 0.1) is 11.3 Å². The second kappa shape index (κ2) is 11.0. The molecule has 0 aromatic heterocycles. The average Bonchev–Trinajstić information content (AvgIpc) is 2.93. The van der Waals surface area contributed by atoms with Crippen molar-refractivity contribution in [2.45, 2.75) is 50.6 Å². The normalized spacial score (nSPS) is 18.3. The first-order valence-electron chi connectivity index (χ1n) is 13.0. The Kier molecular flexibility index (Phi) is 7.33. The van der Waals surface area contributed by atoms with Gasteiger partial charge in [0.1, 0.15) is 0 Å². The number of hydrogen-bond donors (Lipinski definition) is 3. The van der Waals surface area contributed by atoms with Crippen molar-refractivity contribution in [2.24, 2.45) is 0 Å². The van der Waals surface area contributed by atoms with Crippen LogP contribution in [-0.2, 0) is 0 Å². The molecule has 0 aliphatic heterocycles. The molecule has 1 saturated carbocycles. The summed E-state index contributed by atoms with van der Waals surface area (Å²) in [5.41, 5.74) is 3.46. The summed E-state index contributed by atoms with van der Waals surface area (Å²) in [4.78, 5) is 24.2. The maximum atomic E-state index is 12.8. The van der Waals surface area contributed by atoms with Crippen LogP contribution in [0.15, 0.2) is 91.0 Å². The van der Waals surface area contributed by atoms with E-state index in [0.29, 0.717) is 23.2 Å². The standard InChI is InChI=1S/C32H32N2O3/c1-21(27-14-7-9-23-8-2-3-12-28(23)27)33-26-11-6-10-25(20-26)22-16-18-24(19-17-22)31(35)34-30-15-5-4-13-29(30)32(36)37/h2-5,7-9,12-19,21,25-26,33H,6,10-11,20H2,1H3,(H,34,35)(H,36,37)/t21-,25+,26+/m1/s1. The lowest BCUT2D eigenvalue weighted by Crippen LogP contribution is -2.35. The highest BCUT2D eigenvalue weighted by Crippen LogP contribution is 2.35. The molecule has 0 spiro atoms. The van der Waals surface area contributed by atoms with Crippen LogP contribution in [0.4, 0.5) is 5.69 Å². The third kappa shape index (κ3) is 5.57. The second-order valence-corrected chi connectivity index (χ2v) is 9.94. The Balaban J connectivity index is 1.24. The summed E-state index contributed by atoms with van der Waals surface area (Å²) in [6, 6.07) is 29.9. The molecule has 1 fully saturated rings. The van der Waals surface area contributed by atoms with Crippen molar-refractivity contribution in [3.05, 3.63) is 113 Å². The number of carboxylic acids is 1. The highest BCUT2D eigenvalue weighted by atomic mass is 16.4. The van der Waals surface area contributed by atoms with Crippen LogP contribution in [0.25, 0.3) is 10.8 Å². The number of amides is 1. The molecule has 5 nitrogen and oxygen atoms in total. The van der Waals surface area contributed by atoms with Gasteiger partial charge >= 0.3 is 5.97 Å². The van der Waals surface area contributed by atoms with Gasteiger partial charge in [-0.05, 0) is 78.3 Å². The molecular formula is C32H32N2O3. The minimum atomic E-state index is -1.07. The number of para-hydroxylation sites is 1. The van der Waals surface area contributed by atoms with E-state index in [2.05, 4.69) is 60.0 Å². The number of nitrogens with one attached hydrogen (secondary N) is 2. The Bertz CT molecular complexity index is 1410. The first-order chi connectivity index (χ1) is 18.0. The van der Waals surface area contributed by atoms with Crippen molar-refractivity contribution in [2.75, 3.05) is 5.32 Å². The van der Waals surface area contributed by atoms with Crippen LogP contribution >= 0.6 is 0 Å². The molecule has 3 atom stereocenters. The van der Waals surface area contributed by atoms with E-state index in [1.807, 2.05) is 24.3 Å². The lowest BCUT2D eigenvalue weighted by molar-refractivity contribution is 0.0698. The van der Waals surface area contributed by atoms with Crippen LogP contribution in [0.5, 0.6) is 0 Å². The fourth-order valence-corrected chi connectivity index (χ4v) is 5.60. The van der Waals surface area contributed by atoms with Crippen LogP contribution < -0.4 is 10.6 Å². The maximum absolute atomic E-state index is 12.8. The highest BCUT2D eigenvalue weighted by Gasteiger charge is 2.25. The Morgan fingerprint density at radius 2 is 1.59 bits per heavy atom. The van der Waals surface area contributed by atoms with E-state index < -0.39 is 5.97 Å². The van der Waals surface area contributed by atoms with Gasteiger partial charge in [-0.15, -0.1) is 0 Å². The summed E-state index contributed by atoms with van der Waals surface area (Å²) < 4.78 is 0. The summed E-state index contributed by atoms with van der Waals surface area (Å²) in [6.45, 7) is 2.25. The van der Waals surface area contributed by atoms with E-state index in [1.54, 1.807) is 18.2 Å². The van der Waals surface area contributed by atoms with Crippen LogP contribution in [0.2, 0.25) is 0 Å². The molecule has 5 heteroatoms. The average molecular weight is 493 g/mol. The first kappa shape index (κ1) is 24.7. The molecule has 1 aliphatic rings. The molecule has 0 radical (unpaired) electrons. The lowest BCUT2D eigenvalue weighted by atomic mass is 9.80. The van der Waals surface area contributed by atoms with Crippen LogP contribution in [0.1, 0.15) is 76.4 Å². The van der Waals surface area contributed by atoms with Gasteiger partial charge in [0.2, 0.25) is 0 Å². The largest absolute Gasteiger partial charge is 0.478 e. The summed E-state index contributed by atoms with van der Waals surface area (Å²) in [6.07, 6.45) is 4.53. The SMILES string of the molecule is C[C@@H](N[C@H]1CCC[C@H](c2ccc(C(=O)Nc3ccccc3C(=O)O)cc2)C1)c1cccc2ccccc12. The van der Waals surface area contributed by atoms with E-state index in [1.165, 1.54) is 34.4 Å². The highest BCUT2D eigenvalue weighted by molar-refractivity contribution is 6.07. The maximum Gasteiger partial charge on any atom is 0.337 e. The van der Waals surface area contributed by atoms with E-state index >= 15 is 0 Å². The molecule has 4 aromatic rings. The second-order valence-electron chi connectivity index (χ2n) is 9.94. The van der Waals surface area contributed by atoms with Gasteiger partial charge in [0, 0.05) is 17.6 Å². The third-order valence-electron chi connectivity index (χ3n) is 7.50. The number of aromatic carboxylic acids is 1. The molecule has 1 amide bonds. The molecule has 0 bridgehead atoms. The number of carboxylic acid groups (broad SMARTS) is 1. The van der Waals surface area contributed by atoms with E-state index in [-0.39, 0.29) is 17.5 Å². The topological polar surface area (TPSA) is 78.4 Å². The van der Waals surface area contributed by atoms with Crippen LogP contribution in [0.3, 0.4) is 0 Å². The predicted octanol–water partition coefficient (Wildman–Crippen LogP) is 7.17. The predicted molar refractivity (Wildman–Crippen MR) is 148 cm³/mol. The Labute approximate surface area is 217 Å². The molecule has 37 heavy (non-hydrogen) atoms. The van der Waals surface area contributed by atoms with E-state index in [4.69, 9.17) is 0 Å². The monoisotopic (exact) mass is 492 g/mol. The van der Waals surface area contributed by atoms with Gasteiger partial charge in [0.25, 0.3) is 5.91 Å². The van der Waals surface area contributed by atoms with Gasteiger partial charge in [-0.2, -0.15) is 0 Å². The minimum absolute atomic E-state index is 0.0750. The molecule has 0 heterocycles. The fraction of sp³-hybridized carbons (Fsp3) is 0.250.